The minimum atomic E-state index is -0.386. The highest BCUT2D eigenvalue weighted by Gasteiger charge is 2.32. The Balaban J connectivity index is 1.37. The first-order valence-electron chi connectivity index (χ1n) is 10.4. The van der Waals surface area contributed by atoms with Gasteiger partial charge in [0, 0.05) is 37.8 Å². The van der Waals surface area contributed by atoms with Crippen molar-refractivity contribution in [2.45, 2.75) is 6.42 Å². The zero-order valence-corrected chi connectivity index (χ0v) is 19.4. The lowest BCUT2D eigenvalue weighted by Gasteiger charge is -2.27. The first-order chi connectivity index (χ1) is 15.5. The SMILES string of the molecule is COC(=O)c1ccc(-c2ccc(C=C3SC(=S)N(CCCN4CCOCC4)C3=O)o2)cc1. The van der Waals surface area contributed by atoms with Crippen LogP contribution >= 0.6 is 24.0 Å². The monoisotopic (exact) mass is 472 g/mol. The van der Waals surface area contributed by atoms with Crippen LogP contribution in [-0.4, -0.2) is 72.5 Å². The largest absolute Gasteiger partial charge is 0.465 e. The van der Waals surface area contributed by atoms with Gasteiger partial charge in [0.2, 0.25) is 0 Å². The topological polar surface area (TPSA) is 72.2 Å². The van der Waals surface area contributed by atoms with Crippen LogP contribution in [0, 0.1) is 0 Å². The Morgan fingerprint density at radius 3 is 2.62 bits per heavy atom. The Morgan fingerprint density at radius 1 is 1.16 bits per heavy atom. The Hall–Kier alpha value is -2.46. The molecule has 3 heterocycles. The molecule has 32 heavy (non-hydrogen) atoms. The summed E-state index contributed by atoms with van der Waals surface area (Å²) in [7, 11) is 1.35. The van der Waals surface area contributed by atoms with Crippen LogP contribution in [0.1, 0.15) is 22.5 Å². The van der Waals surface area contributed by atoms with Crippen molar-refractivity contribution < 1.29 is 23.5 Å². The summed E-state index contributed by atoms with van der Waals surface area (Å²) in [6.45, 7) is 4.94. The van der Waals surface area contributed by atoms with Crippen LogP contribution in [0.25, 0.3) is 17.4 Å². The van der Waals surface area contributed by atoms with Crippen LogP contribution < -0.4 is 0 Å². The fourth-order valence-corrected chi connectivity index (χ4v) is 4.86. The number of hydrogen-bond donors (Lipinski definition) is 0. The highest BCUT2D eigenvalue weighted by atomic mass is 32.2. The number of furan rings is 1. The highest BCUT2D eigenvalue weighted by molar-refractivity contribution is 8.26. The third-order valence-corrected chi connectivity index (χ3v) is 6.70. The van der Waals surface area contributed by atoms with Gasteiger partial charge in [-0.3, -0.25) is 14.6 Å². The maximum atomic E-state index is 12.8. The molecule has 0 aliphatic carbocycles. The second-order valence-electron chi connectivity index (χ2n) is 7.41. The summed E-state index contributed by atoms with van der Waals surface area (Å²) >= 11 is 6.73. The summed E-state index contributed by atoms with van der Waals surface area (Å²) < 4.78 is 16.6. The first kappa shape index (κ1) is 22.7. The van der Waals surface area contributed by atoms with E-state index in [1.165, 1.54) is 18.9 Å². The predicted octanol–water partition coefficient (Wildman–Crippen LogP) is 3.66. The van der Waals surface area contributed by atoms with Gasteiger partial charge in [0.05, 0.1) is 30.8 Å². The fourth-order valence-electron chi connectivity index (χ4n) is 3.57. The average Bonchev–Trinajstić information content (AvgIpc) is 3.39. The highest BCUT2D eigenvalue weighted by Crippen LogP contribution is 2.33. The number of nitrogens with zero attached hydrogens (tertiary/aromatic N) is 2. The molecule has 1 aromatic carbocycles. The van der Waals surface area contributed by atoms with Crippen LogP contribution in [0.5, 0.6) is 0 Å². The second-order valence-corrected chi connectivity index (χ2v) is 9.09. The third-order valence-electron chi connectivity index (χ3n) is 5.32. The van der Waals surface area contributed by atoms with Crippen LogP contribution in [-0.2, 0) is 14.3 Å². The van der Waals surface area contributed by atoms with Gasteiger partial charge in [-0.15, -0.1) is 0 Å². The van der Waals surface area contributed by atoms with E-state index in [0.29, 0.717) is 32.9 Å². The van der Waals surface area contributed by atoms with E-state index in [-0.39, 0.29) is 11.9 Å². The van der Waals surface area contributed by atoms with Gasteiger partial charge >= 0.3 is 5.97 Å². The molecule has 0 spiro atoms. The summed E-state index contributed by atoms with van der Waals surface area (Å²) in [4.78, 5) is 29.0. The zero-order valence-electron chi connectivity index (χ0n) is 17.7. The van der Waals surface area contributed by atoms with Crippen LogP contribution in [0.4, 0.5) is 0 Å². The number of hydrogen-bond acceptors (Lipinski definition) is 8. The molecule has 0 saturated carbocycles. The smallest absolute Gasteiger partial charge is 0.337 e. The van der Waals surface area contributed by atoms with Crippen molar-refractivity contribution in [3.05, 3.63) is 52.6 Å². The molecule has 2 aromatic rings. The molecule has 0 N–H and O–H groups in total. The van der Waals surface area contributed by atoms with E-state index >= 15 is 0 Å². The molecule has 4 rings (SSSR count). The lowest BCUT2D eigenvalue weighted by Crippen LogP contribution is -2.38. The summed E-state index contributed by atoms with van der Waals surface area (Å²) in [5.74, 6) is 0.755. The molecule has 168 valence electrons. The third kappa shape index (κ3) is 5.29. The van der Waals surface area contributed by atoms with Crippen molar-refractivity contribution >= 4 is 46.3 Å². The molecule has 0 atom stereocenters. The second kappa shape index (κ2) is 10.4. The first-order valence-corrected chi connectivity index (χ1v) is 11.6. The number of amides is 1. The number of ether oxygens (including phenoxy) is 2. The number of benzene rings is 1. The van der Waals surface area contributed by atoms with Gasteiger partial charge in [0.15, 0.2) is 0 Å². The van der Waals surface area contributed by atoms with Crippen molar-refractivity contribution in [1.82, 2.24) is 9.80 Å². The maximum absolute atomic E-state index is 12.8. The van der Waals surface area contributed by atoms with E-state index in [1.807, 2.05) is 12.1 Å². The van der Waals surface area contributed by atoms with E-state index in [0.717, 1.165) is 44.8 Å². The van der Waals surface area contributed by atoms with E-state index in [2.05, 4.69) is 4.90 Å². The van der Waals surface area contributed by atoms with Crippen LogP contribution in [0.3, 0.4) is 0 Å². The summed E-state index contributed by atoms with van der Waals surface area (Å²) in [5, 5.41) is 0. The molecular formula is C23H24N2O5S2. The van der Waals surface area contributed by atoms with Gasteiger partial charge in [-0.25, -0.2) is 4.79 Å². The lowest BCUT2D eigenvalue weighted by molar-refractivity contribution is -0.122. The Kier molecular flexibility index (Phi) is 7.41. The van der Waals surface area contributed by atoms with E-state index < -0.39 is 0 Å². The number of thioether (sulfide) groups is 1. The molecule has 0 unspecified atom stereocenters. The normalized spacial score (nSPS) is 18.5. The molecule has 7 nitrogen and oxygen atoms in total. The number of rotatable bonds is 7. The average molecular weight is 473 g/mol. The minimum absolute atomic E-state index is 0.0811. The van der Waals surface area contributed by atoms with Crippen molar-refractivity contribution in [2.24, 2.45) is 0 Å². The van der Waals surface area contributed by atoms with Crippen LogP contribution in [0.15, 0.2) is 45.7 Å². The molecule has 2 aliphatic rings. The molecule has 2 fully saturated rings. The molecule has 2 aliphatic heterocycles. The molecule has 0 bridgehead atoms. The molecule has 9 heteroatoms. The van der Waals surface area contributed by atoms with Crippen LogP contribution in [0.2, 0.25) is 0 Å². The summed E-state index contributed by atoms with van der Waals surface area (Å²) in [6.07, 6.45) is 2.60. The van der Waals surface area contributed by atoms with E-state index in [4.69, 9.17) is 26.1 Å². The van der Waals surface area contributed by atoms with Gasteiger partial charge in [0.25, 0.3) is 5.91 Å². The van der Waals surface area contributed by atoms with Gasteiger partial charge in [-0.1, -0.05) is 36.1 Å². The van der Waals surface area contributed by atoms with Gasteiger partial charge in [0.1, 0.15) is 15.8 Å². The lowest BCUT2D eigenvalue weighted by atomic mass is 10.1. The van der Waals surface area contributed by atoms with Crippen molar-refractivity contribution in [2.75, 3.05) is 46.5 Å². The number of thiocarbonyl (C=S) groups is 1. The summed E-state index contributed by atoms with van der Waals surface area (Å²) in [5.41, 5.74) is 1.30. The molecular weight excluding hydrogens is 448 g/mol. The standard InChI is InChI=1S/C23H24N2O5S2/c1-28-22(27)17-5-3-16(4-6-17)19-8-7-18(30-19)15-20-21(26)25(23(31)32-20)10-2-9-24-11-13-29-14-12-24/h3-8,15H,2,9-14H2,1H3. The number of carbonyl (C=O) groups excluding carboxylic acids is 2. The Bertz CT molecular complexity index is 1030. The van der Waals surface area contributed by atoms with Crippen molar-refractivity contribution in [1.29, 1.82) is 0 Å². The van der Waals surface area contributed by atoms with Crippen molar-refractivity contribution in [3.63, 3.8) is 0 Å². The Morgan fingerprint density at radius 2 is 1.91 bits per heavy atom. The number of methoxy groups -OCH3 is 1. The van der Waals surface area contributed by atoms with E-state index in [9.17, 15) is 9.59 Å². The van der Waals surface area contributed by atoms with Gasteiger partial charge in [-0.05, 0) is 30.7 Å². The molecule has 1 amide bonds. The molecule has 2 saturated heterocycles. The number of esters is 1. The Labute approximate surface area is 196 Å². The zero-order chi connectivity index (χ0) is 22.5. The molecule has 0 radical (unpaired) electrons. The molecule has 1 aromatic heterocycles. The van der Waals surface area contributed by atoms with Gasteiger partial charge < -0.3 is 13.9 Å². The number of carbonyl (C=O) groups is 2. The van der Waals surface area contributed by atoms with Gasteiger partial charge in [-0.2, -0.15) is 0 Å². The minimum Gasteiger partial charge on any atom is -0.465 e. The summed E-state index contributed by atoms with van der Waals surface area (Å²) in [6, 6.07) is 10.6. The van der Waals surface area contributed by atoms with Crippen molar-refractivity contribution in [3.8, 4) is 11.3 Å². The quantitative estimate of drug-likeness (QED) is 0.344. The maximum Gasteiger partial charge on any atom is 0.337 e. The fraction of sp³-hybridized carbons (Fsp3) is 0.348. The number of morpholine rings is 1. The predicted molar refractivity (Wildman–Crippen MR) is 127 cm³/mol. The van der Waals surface area contributed by atoms with E-state index in [1.54, 1.807) is 35.2 Å².